The Morgan fingerprint density at radius 3 is 2.17 bits per heavy atom. The summed E-state index contributed by atoms with van der Waals surface area (Å²) in [7, 11) is -2.05. The van der Waals surface area contributed by atoms with Crippen LogP contribution in [0.15, 0.2) is 0 Å². The average Bonchev–Trinajstić information content (AvgIpc) is 2.34. The van der Waals surface area contributed by atoms with Crippen molar-refractivity contribution >= 4 is 14.4 Å². The summed E-state index contributed by atoms with van der Waals surface area (Å²) in [6, 6.07) is -0.103. The van der Waals surface area contributed by atoms with Crippen molar-refractivity contribution in [1.82, 2.24) is 5.32 Å². The maximum Gasteiger partial charge on any atom is 0.407 e. The molecule has 1 aliphatic rings. The summed E-state index contributed by atoms with van der Waals surface area (Å²) in [5.41, 5.74) is -0.523. The van der Waals surface area contributed by atoms with Gasteiger partial charge in [-0.05, 0) is 51.7 Å². The second kappa shape index (κ2) is 7.75. The highest BCUT2D eigenvalue weighted by Gasteiger charge is 2.42. The second-order valence-corrected chi connectivity index (χ2v) is 14.2. The van der Waals surface area contributed by atoms with Crippen LogP contribution in [-0.2, 0) is 9.16 Å². The standard InChI is InChI=1S/C18H37NO4Si/c1-17(2,3)22-16(21)19-14-12-10-9-11-13(14)15(20)23-24(7,8)18(4,5)6/h13-15,20H,9-12H2,1-8H3,(H,19,21). The van der Waals surface area contributed by atoms with E-state index in [4.69, 9.17) is 9.16 Å². The molecule has 3 unspecified atom stereocenters. The van der Waals surface area contributed by atoms with Crippen molar-refractivity contribution in [3.8, 4) is 0 Å². The SMILES string of the molecule is CC(C)(C)OC(=O)NC1CCCCC1C(O)O[Si](C)(C)C(C)(C)C. The number of carbonyl (C=O) groups is 1. The molecule has 1 amide bonds. The molecule has 1 rings (SSSR count). The van der Waals surface area contributed by atoms with Crippen LogP contribution < -0.4 is 5.32 Å². The fourth-order valence-corrected chi connectivity index (χ4v) is 3.84. The van der Waals surface area contributed by atoms with Crippen molar-refractivity contribution in [3.05, 3.63) is 0 Å². The Hall–Kier alpha value is -0.593. The topological polar surface area (TPSA) is 67.8 Å². The number of aliphatic hydroxyl groups excluding tert-OH is 1. The van der Waals surface area contributed by atoms with E-state index in [1.165, 1.54) is 0 Å². The van der Waals surface area contributed by atoms with E-state index in [2.05, 4.69) is 39.2 Å². The summed E-state index contributed by atoms with van der Waals surface area (Å²) in [6.45, 7) is 16.3. The third-order valence-corrected chi connectivity index (χ3v) is 9.55. The van der Waals surface area contributed by atoms with Gasteiger partial charge in [0.25, 0.3) is 0 Å². The molecule has 0 spiro atoms. The number of carbonyl (C=O) groups excluding carboxylic acids is 1. The monoisotopic (exact) mass is 359 g/mol. The first-order chi connectivity index (χ1) is 10.7. The van der Waals surface area contributed by atoms with Crippen LogP contribution >= 0.6 is 0 Å². The van der Waals surface area contributed by atoms with Crippen LogP contribution in [0.1, 0.15) is 67.2 Å². The molecule has 5 nitrogen and oxygen atoms in total. The van der Waals surface area contributed by atoms with Crippen LogP contribution in [0.25, 0.3) is 0 Å². The van der Waals surface area contributed by atoms with Gasteiger partial charge < -0.3 is 19.6 Å². The summed E-state index contributed by atoms with van der Waals surface area (Å²) < 4.78 is 11.5. The highest BCUT2D eigenvalue weighted by Crippen LogP contribution is 2.39. The number of alkyl carbamates (subject to hydrolysis) is 1. The molecule has 0 aliphatic heterocycles. The Balaban J connectivity index is 2.74. The van der Waals surface area contributed by atoms with E-state index in [1.54, 1.807) is 0 Å². The lowest BCUT2D eigenvalue weighted by molar-refractivity contribution is -0.0907. The number of nitrogens with one attached hydrogen (secondary N) is 1. The zero-order valence-electron chi connectivity index (χ0n) is 16.7. The summed E-state index contributed by atoms with van der Waals surface area (Å²) in [6.07, 6.45) is 2.54. The average molecular weight is 360 g/mol. The van der Waals surface area contributed by atoms with Gasteiger partial charge in [0, 0.05) is 12.0 Å². The minimum absolute atomic E-state index is 0.0384. The van der Waals surface area contributed by atoms with E-state index in [1.807, 2.05) is 20.8 Å². The highest BCUT2D eigenvalue weighted by molar-refractivity contribution is 6.74. The fraction of sp³-hybridized carbons (Fsp3) is 0.944. The molecular weight excluding hydrogens is 322 g/mol. The number of hydrogen-bond acceptors (Lipinski definition) is 4. The van der Waals surface area contributed by atoms with Crippen molar-refractivity contribution in [3.63, 3.8) is 0 Å². The van der Waals surface area contributed by atoms with Crippen LogP contribution in [0.3, 0.4) is 0 Å². The predicted octanol–water partition coefficient (Wildman–Crippen LogP) is 4.41. The molecule has 24 heavy (non-hydrogen) atoms. The third kappa shape index (κ3) is 6.37. The van der Waals surface area contributed by atoms with Crippen LogP contribution in [0.4, 0.5) is 4.79 Å². The van der Waals surface area contributed by atoms with E-state index in [9.17, 15) is 9.90 Å². The molecule has 0 aromatic heterocycles. The molecule has 0 bridgehead atoms. The molecule has 0 saturated heterocycles. The van der Waals surface area contributed by atoms with E-state index in [-0.39, 0.29) is 17.0 Å². The first kappa shape index (κ1) is 21.4. The summed E-state index contributed by atoms with van der Waals surface area (Å²) in [5, 5.41) is 13.7. The van der Waals surface area contributed by atoms with Crippen molar-refractivity contribution in [2.45, 2.75) is 103 Å². The molecule has 0 aromatic rings. The molecule has 1 aliphatic carbocycles. The quantitative estimate of drug-likeness (QED) is 0.576. The molecule has 0 aromatic carbocycles. The Bertz CT molecular complexity index is 426. The molecule has 2 N–H and O–H groups in total. The second-order valence-electron chi connectivity index (χ2n) is 9.47. The first-order valence-corrected chi connectivity index (χ1v) is 12.0. The van der Waals surface area contributed by atoms with Crippen LogP contribution in [-0.4, -0.2) is 37.5 Å². The summed E-state index contributed by atoms with van der Waals surface area (Å²) in [4.78, 5) is 12.1. The molecule has 0 heterocycles. The summed E-state index contributed by atoms with van der Waals surface area (Å²) in [5.74, 6) is -0.0830. The van der Waals surface area contributed by atoms with Gasteiger partial charge in [-0.3, -0.25) is 0 Å². The summed E-state index contributed by atoms with van der Waals surface area (Å²) >= 11 is 0. The minimum Gasteiger partial charge on any atom is -0.444 e. The van der Waals surface area contributed by atoms with E-state index < -0.39 is 26.3 Å². The van der Waals surface area contributed by atoms with Crippen molar-refractivity contribution in [2.24, 2.45) is 5.92 Å². The Morgan fingerprint density at radius 2 is 1.67 bits per heavy atom. The number of rotatable bonds is 4. The molecule has 142 valence electrons. The van der Waals surface area contributed by atoms with Gasteiger partial charge in [0.15, 0.2) is 8.32 Å². The van der Waals surface area contributed by atoms with Crippen molar-refractivity contribution in [2.75, 3.05) is 0 Å². The van der Waals surface area contributed by atoms with Gasteiger partial charge >= 0.3 is 6.09 Å². The maximum absolute atomic E-state index is 12.1. The maximum atomic E-state index is 12.1. The van der Waals surface area contributed by atoms with Crippen LogP contribution in [0.2, 0.25) is 18.1 Å². The molecular formula is C18H37NO4Si. The zero-order valence-corrected chi connectivity index (χ0v) is 17.7. The van der Waals surface area contributed by atoms with Crippen LogP contribution in [0, 0.1) is 5.92 Å². The Morgan fingerprint density at radius 1 is 1.12 bits per heavy atom. The largest absolute Gasteiger partial charge is 0.444 e. The molecule has 0 radical (unpaired) electrons. The number of amides is 1. The van der Waals surface area contributed by atoms with E-state index >= 15 is 0 Å². The first-order valence-electron chi connectivity index (χ1n) is 9.08. The van der Waals surface area contributed by atoms with Crippen LogP contribution in [0.5, 0.6) is 0 Å². The smallest absolute Gasteiger partial charge is 0.407 e. The Labute approximate surface area is 148 Å². The van der Waals surface area contributed by atoms with Gasteiger partial charge in [-0.25, -0.2) is 4.79 Å². The normalized spacial score (nSPS) is 24.4. The molecule has 1 saturated carbocycles. The zero-order chi connectivity index (χ0) is 18.8. The van der Waals surface area contributed by atoms with Crippen molar-refractivity contribution < 1.29 is 19.1 Å². The van der Waals surface area contributed by atoms with E-state index in [0.29, 0.717) is 0 Å². The number of hydrogen-bond donors (Lipinski definition) is 2. The van der Waals surface area contributed by atoms with Gasteiger partial charge in [0.1, 0.15) is 11.9 Å². The fourth-order valence-electron chi connectivity index (χ4n) is 2.71. The van der Waals surface area contributed by atoms with Gasteiger partial charge in [-0.15, -0.1) is 0 Å². The number of aliphatic hydroxyl groups is 1. The van der Waals surface area contributed by atoms with Gasteiger partial charge in [-0.2, -0.15) is 0 Å². The molecule has 3 atom stereocenters. The van der Waals surface area contributed by atoms with Gasteiger partial charge in [0.2, 0.25) is 0 Å². The molecule has 1 fully saturated rings. The van der Waals surface area contributed by atoms with Gasteiger partial charge in [-0.1, -0.05) is 33.6 Å². The predicted molar refractivity (Wildman–Crippen MR) is 99.4 cm³/mol. The number of ether oxygens (including phenoxy) is 1. The highest BCUT2D eigenvalue weighted by atomic mass is 28.4. The van der Waals surface area contributed by atoms with E-state index in [0.717, 1.165) is 25.7 Å². The van der Waals surface area contributed by atoms with Crippen molar-refractivity contribution in [1.29, 1.82) is 0 Å². The Kier molecular flexibility index (Phi) is 6.92. The van der Waals surface area contributed by atoms with Gasteiger partial charge in [0.05, 0.1) is 0 Å². The molecule has 6 heteroatoms. The lowest BCUT2D eigenvalue weighted by Crippen LogP contribution is -2.52. The lowest BCUT2D eigenvalue weighted by atomic mass is 9.84. The minimum atomic E-state index is -2.05. The third-order valence-electron chi connectivity index (χ3n) is 5.11. The lowest BCUT2D eigenvalue weighted by Gasteiger charge is -2.42.